The highest BCUT2D eigenvalue weighted by molar-refractivity contribution is 7.87. The number of allylic oxidation sites excluding steroid dienone is 2. The van der Waals surface area contributed by atoms with Gasteiger partial charge in [-0.15, -0.1) is 0 Å². The van der Waals surface area contributed by atoms with Crippen LogP contribution < -0.4 is 0 Å². The van der Waals surface area contributed by atoms with E-state index in [9.17, 15) is 26.4 Å². The van der Waals surface area contributed by atoms with Crippen molar-refractivity contribution in [1.29, 1.82) is 0 Å². The summed E-state index contributed by atoms with van der Waals surface area (Å²) in [5, 5.41) is 0. The lowest BCUT2D eigenvalue weighted by Crippen LogP contribution is -2.63. The van der Waals surface area contributed by atoms with Crippen LogP contribution in [0.25, 0.3) is 0 Å². The van der Waals surface area contributed by atoms with Crippen LogP contribution in [-0.2, 0) is 23.5 Å². The van der Waals surface area contributed by atoms with Crippen molar-refractivity contribution in [2.75, 3.05) is 0 Å². The summed E-state index contributed by atoms with van der Waals surface area (Å²) < 4.78 is 74.9. The van der Waals surface area contributed by atoms with Gasteiger partial charge in [0.2, 0.25) is 0 Å². The normalized spacial score (nSPS) is 38.6. The summed E-state index contributed by atoms with van der Waals surface area (Å²) in [5.41, 5.74) is -7.83. The maximum Gasteiger partial charge on any atom is 0.534 e. The summed E-state index contributed by atoms with van der Waals surface area (Å²) in [5.74, 6) is -0.307. The molecular formula is C24H39F3O5SSi. The Balaban J connectivity index is 2.01. The van der Waals surface area contributed by atoms with Gasteiger partial charge in [-0.2, -0.15) is 21.6 Å². The van der Waals surface area contributed by atoms with Gasteiger partial charge < -0.3 is 13.4 Å². The molecule has 0 aromatic carbocycles. The zero-order valence-electron chi connectivity index (χ0n) is 21.1. The number of rotatable bonds is 8. The molecule has 5 nitrogen and oxygen atoms in total. The van der Waals surface area contributed by atoms with Gasteiger partial charge in [0, 0.05) is 5.41 Å². The third kappa shape index (κ3) is 3.90. The van der Waals surface area contributed by atoms with Crippen LogP contribution in [0.1, 0.15) is 73.6 Å². The first-order valence-electron chi connectivity index (χ1n) is 12.5. The Morgan fingerprint density at radius 3 is 2.18 bits per heavy atom. The Morgan fingerprint density at radius 1 is 1.09 bits per heavy atom. The van der Waals surface area contributed by atoms with Crippen LogP contribution >= 0.6 is 0 Å². The second-order valence-electron chi connectivity index (χ2n) is 11.1. The molecule has 0 saturated heterocycles. The van der Waals surface area contributed by atoms with Crippen molar-refractivity contribution in [3.63, 3.8) is 0 Å². The van der Waals surface area contributed by atoms with Crippen LogP contribution in [0.15, 0.2) is 11.8 Å². The predicted octanol–water partition coefficient (Wildman–Crippen LogP) is 6.57. The second-order valence-corrected chi connectivity index (χ2v) is 17.4. The molecule has 34 heavy (non-hydrogen) atoms. The maximum absolute atomic E-state index is 13.2. The smallest absolute Gasteiger partial charge is 0.413 e. The molecule has 0 aromatic rings. The number of carbonyl (C=O) groups is 1. The minimum Gasteiger partial charge on any atom is -0.413 e. The summed E-state index contributed by atoms with van der Waals surface area (Å²) in [7, 11) is -7.77. The quantitative estimate of drug-likeness (QED) is 0.155. The van der Waals surface area contributed by atoms with Gasteiger partial charge in [-0.25, -0.2) is 0 Å². The third-order valence-corrected chi connectivity index (χ3v) is 15.7. The number of hydrogen-bond donors (Lipinski definition) is 0. The molecule has 0 spiro atoms. The van der Waals surface area contributed by atoms with Crippen LogP contribution in [0.4, 0.5) is 13.2 Å². The van der Waals surface area contributed by atoms with Crippen molar-refractivity contribution in [2.24, 2.45) is 28.1 Å². The first-order valence-corrected chi connectivity index (χ1v) is 16.4. The first-order chi connectivity index (χ1) is 15.6. The Hall–Kier alpha value is -0.873. The summed E-state index contributed by atoms with van der Waals surface area (Å²) in [6.45, 7) is 12.2. The fourth-order valence-electron chi connectivity index (χ4n) is 7.43. The van der Waals surface area contributed by atoms with Crippen molar-refractivity contribution in [3.05, 3.63) is 11.8 Å². The van der Waals surface area contributed by atoms with Crippen LogP contribution in [0.3, 0.4) is 0 Å². The van der Waals surface area contributed by atoms with Gasteiger partial charge >= 0.3 is 15.6 Å². The van der Waals surface area contributed by atoms with E-state index in [0.29, 0.717) is 25.7 Å². The minimum atomic E-state index is -5.77. The molecule has 0 aromatic heterocycles. The number of aldehydes is 1. The van der Waals surface area contributed by atoms with Crippen LogP contribution in [-0.4, -0.2) is 34.6 Å². The van der Waals surface area contributed by atoms with Gasteiger partial charge in [0.25, 0.3) is 0 Å². The molecule has 196 valence electrons. The van der Waals surface area contributed by atoms with E-state index in [-0.39, 0.29) is 23.7 Å². The molecule has 0 heterocycles. The fraction of sp³-hybridized carbons (Fsp3) is 0.875. The molecule has 0 N–H and O–H groups in total. The Morgan fingerprint density at radius 2 is 1.68 bits per heavy atom. The van der Waals surface area contributed by atoms with Crippen molar-refractivity contribution >= 4 is 24.7 Å². The number of carbonyl (C=O) groups excluding carboxylic acids is 1. The van der Waals surface area contributed by atoms with E-state index in [1.54, 1.807) is 0 Å². The van der Waals surface area contributed by atoms with Crippen molar-refractivity contribution in [1.82, 2.24) is 0 Å². The standard InChI is InChI=1S/C24H39F3O5SSi/c1-7-34(8-2,9-3)32-19-14-15-22(5)18(21(19,4)16-28)12-10-17-11-13-20(23(17,22)6)31-33(29,30)24(25,26)27/h13,16-19H,7-12,14-15H2,1-6H3/t17-,18-,19-,21-,22-,23+/m0/s1. The number of fused-ring (bicyclic) bond motifs is 3. The monoisotopic (exact) mass is 524 g/mol. The zero-order chi connectivity index (χ0) is 25.8. The van der Waals surface area contributed by atoms with E-state index in [0.717, 1.165) is 30.8 Å². The van der Waals surface area contributed by atoms with E-state index in [1.165, 1.54) is 6.08 Å². The number of alkyl halides is 3. The van der Waals surface area contributed by atoms with Gasteiger partial charge in [-0.3, -0.25) is 0 Å². The average molecular weight is 525 g/mol. The van der Waals surface area contributed by atoms with E-state index in [1.807, 2.05) is 20.8 Å². The van der Waals surface area contributed by atoms with Gasteiger partial charge in [-0.05, 0) is 73.6 Å². The SMILES string of the molecule is CC[Si](CC)(CC)O[C@H]1CC[C@@]2(C)[C@@H](CC[C@H]3CC=C(OS(=O)(=O)C(F)(F)F)[C@@]32C)[C@]1(C)C=O. The molecule has 2 saturated carbocycles. The highest BCUT2D eigenvalue weighted by Gasteiger charge is 2.68. The van der Waals surface area contributed by atoms with E-state index < -0.39 is 40.2 Å². The average Bonchev–Trinajstić information content (AvgIpc) is 3.10. The first kappa shape index (κ1) is 27.7. The topological polar surface area (TPSA) is 69.7 Å². The number of hydrogen-bond acceptors (Lipinski definition) is 5. The molecule has 2 fully saturated rings. The van der Waals surface area contributed by atoms with Crippen molar-refractivity contribution in [2.45, 2.75) is 103 Å². The highest BCUT2D eigenvalue weighted by atomic mass is 32.2. The Labute approximate surface area is 203 Å². The molecule has 0 aliphatic heterocycles. The largest absolute Gasteiger partial charge is 0.534 e. The van der Waals surface area contributed by atoms with Crippen LogP contribution in [0, 0.1) is 28.1 Å². The summed E-state index contributed by atoms with van der Waals surface area (Å²) in [6.07, 6.45) is 5.42. The van der Waals surface area contributed by atoms with E-state index >= 15 is 0 Å². The maximum atomic E-state index is 13.2. The molecule has 0 bridgehead atoms. The summed E-state index contributed by atoms with van der Waals surface area (Å²) in [4.78, 5) is 12.7. The molecule has 0 radical (unpaired) electrons. The molecule has 6 atom stereocenters. The lowest BCUT2D eigenvalue weighted by atomic mass is 9.41. The van der Waals surface area contributed by atoms with Gasteiger partial charge in [-0.1, -0.05) is 41.5 Å². The summed E-state index contributed by atoms with van der Waals surface area (Å²) in [6, 6.07) is 2.88. The highest BCUT2D eigenvalue weighted by Crippen LogP contribution is 2.71. The Bertz CT molecular complexity index is 923. The van der Waals surface area contributed by atoms with Gasteiger partial charge in [0.1, 0.15) is 12.0 Å². The minimum absolute atomic E-state index is 0.0315. The molecule has 3 aliphatic carbocycles. The van der Waals surface area contributed by atoms with Crippen molar-refractivity contribution < 1.29 is 35.0 Å². The van der Waals surface area contributed by atoms with Crippen LogP contribution in [0.5, 0.6) is 0 Å². The third-order valence-electron chi connectivity index (χ3n) is 10.1. The molecule has 3 rings (SSSR count). The van der Waals surface area contributed by atoms with E-state index in [4.69, 9.17) is 8.61 Å². The fourth-order valence-corrected chi connectivity index (χ4v) is 11.0. The van der Waals surface area contributed by atoms with Crippen LogP contribution in [0.2, 0.25) is 18.1 Å². The molecular weight excluding hydrogens is 485 g/mol. The molecule has 10 heteroatoms. The van der Waals surface area contributed by atoms with Gasteiger partial charge in [0.05, 0.1) is 11.5 Å². The number of halogens is 3. The Kier molecular flexibility index (Phi) is 7.26. The van der Waals surface area contributed by atoms with E-state index in [2.05, 4.69) is 20.8 Å². The second kappa shape index (κ2) is 8.90. The summed E-state index contributed by atoms with van der Waals surface area (Å²) >= 11 is 0. The molecule has 0 unspecified atom stereocenters. The van der Waals surface area contributed by atoms with Gasteiger partial charge in [0.15, 0.2) is 8.32 Å². The van der Waals surface area contributed by atoms with Crippen molar-refractivity contribution in [3.8, 4) is 0 Å². The molecule has 3 aliphatic rings. The zero-order valence-corrected chi connectivity index (χ0v) is 22.9. The predicted molar refractivity (Wildman–Crippen MR) is 127 cm³/mol. The lowest BCUT2D eigenvalue weighted by molar-refractivity contribution is -0.179. The lowest BCUT2D eigenvalue weighted by Gasteiger charge is -2.64. The molecule has 0 amide bonds.